The summed E-state index contributed by atoms with van der Waals surface area (Å²) in [6, 6.07) is 5.69. The van der Waals surface area contributed by atoms with Gasteiger partial charge in [-0.05, 0) is 57.1 Å². The molecule has 1 fully saturated rings. The zero-order valence-electron chi connectivity index (χ0n) is 10.7. The van der Waals surface area contributed by atoms with Gasteiger partial charge in [0.05, 0.1) is 11.3 Å². The van der Waals surface area contributed by atoms with E-state index in [1.165, 1.54) is 11.9 Å². The van der Waals surface area contributed by atoms with Crippen LogP contribution in [0, 0.1) is 0 Å². The Kier molecular flexibility index (Phi) is 4.14. The Balaban J connectivity index is 2.31. The fraction of sp³-hybridized carbons (Fsp3) is 0.462. The van der Waals surface area contributed by atoms with Gasteiger partial charge in [-0.1, -0.05) is 0 Å². The SMILES string of the molecule is CN(C)Sc1ccc(N2CCCC2)c(C(=O)O)c1. The smallest absolute Gasteiger partial charge is 0.337 e. The van der Waals surface area contributed by atoms with Gasteiger partial charge in [0.2, 0.25) is 0 Å². The van der Waals surface area contributed by atoms with Crippen LogP contribution in [0.3, 0.4) is 0 Å². The molecule has 4 nitrogen and oxygen atoms in total. The molecule has 0 saturated carbocycles. The van der Waals surface area contributed by atoms with Crippen molar-refractivity contribution < 1.29 is 9.90 Å². The standard InChI is InChI=1S/C13H18N2O2S/c1-14(2)18-10-5-6-12(11(9-10)13(16)17)15-7-3-4-8-15/h5-6,9H,3-4,7-8H2,1-2H3,(H,16,17). The van der Waals surface area contributed by atoms with Gasteiger partial charge in [-0.15, -0.1) is 0 Å². The highest BCUT2D eigenvalue weighted by atomic mass is 32.2. The number of aromatic carboxylic acids is 1. The monoisotopic (exact) mass is 266 g/mol. The summed E-state index contributed by atoms with van der Waals surface area (Å²) in [5, 5.41) is 9.34. The maximum atomic E-state index is 11.4. The van der Waals surface area contributed by atoms with Crippen molar-refractivity contribution in [2.75, 3.05) is 32.1 Å². The molecule has 1 aliphatic rings. The minimum Gasteiger partial charge on any atom is -0.478 e. The van der Waals surface area contributed by atoms with Gasteiger partial charge in [0.1, 0.15) is 0 Å². The van der Waals surface area contributed by atoms with Gasteiger partial charge >= 0.3 is 5.97 Å². The van der Waals surface area contributed by atoms with Gasteiger partial charge in [0.15, 0.2) is 0 Å². The third-order valence-corrected chi connectivity index (χ3v) is 3.76. The summed E-state index contributed by atoms with van der Waals surface area (Å²) >= 11 is 1.53. The largest absolute Gasteiger partial charge is 0.478 e. The fourth-order valence-corrected chi connectivity index (χ4v) is 2.91. The second kappa shape index (κ2) is 5.63. The van der Waals surface area contributed by atoms with Gasteiger partial charge in [0.25, 0.3) is 0 Å². The third kappa shape index (κ3) is 2.97. The molecule has 0 bridgehead atoms. The lowest BCUT2D eigenvalue weighted by molar-refractivity contribution is 0.0697. The van der Waals surface area contributed by atoms with Crippen molar-refractivity contribution in [2.45, 2.75) is 17.7 Å². The second-order valence-corrected chi connectivity index (χ2v) is 5.97. The summed E-state index contributed by atoms with van der Waals surface area (Å²) in [4.78, 5) is 14.5. The molecule has 1 heterocycles. The maximum absolute atomic E-state index is 11.4. The number of hydrogen-bond acceptors (Lipinski definition) is 4. The molecule has 1 aromatic rings. The Morgan fingerprint density at radius 3 is 2.56 bits per heavy atom. The zero-order valence-corrected chi connectivity index (χ0v) is 11.5. The molecule has 0 spiro atoms. The van der Waals surface area contributed by atoms with Gasteiger partial charge in [-0.2, -0.15) is 0 Å². The average Bonchev–Trinajstić information content (AvgIpc) is 2.81. The highest BCUT2D eigenvalue weighted by molar-refractivity contribution is 7.97. The van der Waals surface area contributed by atoms with E-state index < -0.39 is 5.97 Å². The molecule has 1 saturated heterocycles. The first-order valence-corrected chi connectivity index (χ1v) is 6.83. The molecule has 1 N–H and O–H groups in total. The van der Waals surface area contributed by atoms with E-state index in [9.17, 15) is 9.90 Å². The Bertz CT molecular complexity index is 443. The van der Waals surface area contributed by atoms with Crippen molar-refractivity contribution in [3.63, 3.8) is 0 Å². The minimum atomic E-state index is -0.849. The van der Waals surface area contributed by atoms with Crippen LogP contribution in [0.1, 0.15) is 23.2 Å². The lowest BCUT2D eigenvalue weighted by Gasteiger charge is -2.20. The molecule has 5 heteroatoms. The van der Waals surface area contributed by atoms with E-state index in [-0.39, 0.29) is 0 Å². The quantitative estimate of drug-likeness (QED) is 0.848. The Morgan fingerprint density at radius 1 is 1.33 bits per heavy atom. The van der Waals surface area contributed by atoms with Crippen LogP contribution in [-0.4, -0.2) is 42.6 Å². The highest BCUT2D eigenvalue weighted by Gasteiger charge is 2.19. The molecule has 0 amide bonds. The average molecular weight is 266 g/mol. The summed E-state index contributed by atoms with van der Waals surface area (Å²) in [5.41, 5.74) is 1.26. The lowest BCUT2D eigenvalue weighted by atomic mass is 10.1. The molecule has 0 radical (unpaired) electrons. The van der Waals surface area contributed by atoms with Crippen molar-refractivity contribution in [2.24, 2.45) is 0 Å². The first kappa shape index (κ1) is 13.2. The number of hydrogen-bond donors (Lipinski definition) is 1. The topological polar surface area (TPSA) is 43.8 Å². The predicted molar refractivity (Wildman–Crippen MR) is 74.4 cm³/mol. The molecular formula is C13H18N2O2S. The third-order valence-electron chi connectivity index (χ3n) is 2.93. The Hall–Kier alpha value is -1.20. The maximum Gasteiger partial charge on any atom is 0.337 e. The van der Waals surface area contributed by atoms with Crippen molar-refractivity contribution in [3.8, 4) is 0 Å². The number of carbonyl (C=O) groups is 1. The van der Waals surface area contributed by atoms with E-state index in [0.29, 0.717) is 5.56 Å². The summed E-state index contributed by atoms with van der Waals surface area (Å²) in [5.74, 6) is -0.849. The lowest BCUT2D eigenvalue weighted by Crippen LogP contribution is -2.20. The van der Waals surface area contributed by atoms with E-state index in [4.69, 9.17) is 0 Å². The van der Waals surface area contributed by atoms with E-state index in [2.05, 4.69) is 4.90 Å². The van der Waals surface area contributed by atoms with Crippen LogP contribution >= 0.6 is 11.9 Å². The van der Waals surface area contributed by atoms with Crippen molar-refractivity contribution >= 4 is 23.6 Å². The van der Waals surface area contributed by atoms with Gasteiger partial charge < -0.3 is 10.0 Å². The molecular weight excluding hydrogens is 248 g/mol. The van der Waals surface area contributed by atoms with E-state index in [1.54, 1.807) is 6.07 Å². The van der Waals surface area contributed by atoms with Crippen LogP contribution in [0.4, 0.5) is 5.69 Å². The molecule has 1 aliphatic heterocycles. The van der Waals surface area contributed by atoms with Crippen LogP contribution < -0.4 is 4.90 Å². The van der Waals surface area contributed by atoms with Gasteiger partial charge in [-0.25, -0.2) is 4.79 Å². The highest BCUT2D eigenvalue weighted by Crippen LogP contribution is 2.29. The van der Waals surface area contributed by atoms with E-state index in [0.717, 1.165) is 36.5 Å². The summed E-state index contributed by atoms with van der Waals surface area (Å²) in [7, 11) is 3.89. The van der Waals surface area contributed by atoms with Crippen molar-refractivity contribution in [1.29, 1.82) is 0 Å². The summed E-state index contributed by atoms with van der Waals surface area (Å²) < 4.78 is 1.95. The first-order valence-electron chi connectivity index (χ1n) is 6.05. The molecule has 0 aromatic heterocycles. The number of carboxylic acid groups (broad SMARTS) is 1. The van der Waals surface area contributed by atoms with Crippen LogP contribution in [0.2, 0.25) is 0 Å². The first-order chi connectivity index (χ1) is 8.58. The van der Waals surface area contributed by atoms with E-state index in [1.807, 2.05) is 30.5 Å². The van der Waals surface area contributed by atoms with Gasteiger partial charge in [0, 0.05) is 18.0 Å². The summed E-state index contributed by atoms with van der Waals surface area (Å²) in [6.45, 7) is 1.92. The molecule has 0 atom stereocenters. The molecule has 1 aromatic carbocycles. The molecule has 0 aliphatic carbocycles. The van der Waals surface area contributed by atoms with Crippen LogP contribution in [0.25, 0.3) is 0 Å². The van der Waals surface area contributed by atoms with Gasteiger partial charge in [-0.3, -0.25) is 4.31 Å². The van der Waals surface area contributed by atoms with Crippen LogP contribution in [0.5, 0.6) is 0 Å². The predicted octanol–water partition coefficient (Wildman–Crippen LogP) is 2.55. The zero-order chi connectivity index (χ0) is 13.1. The number of benzene rings is 1. The summed E-state index contributed by atoms with van der Waals surface area (Å²) in [6.07, 6.45) is 2.29. The molecule has 2 rings (SSSR count). The molecule has 18 heavy (non-hydrogen) atoms. The number of nitrogens with zero attached hydrogens (tertiary/aromatic N) is 2. The molecule has 98 valence electrons. The molecule has 0 unspecified atom stereocenters. The number of rotatable bonds is 4. The Morgan fingerprint density at radius 2 is 2.00 bits per heavy atom. The van der Waals surface area contributed by atoms with Crippen LogP contribution in [0.15, 0.2) is 23.1 Å². The van der Waals surface area contributed by atoms with Crippen LogP contribution in [-0.2, 0) is 0 Å². The number of carboxylic acids is 1. The fourth-order valence-electron chi connectivity index (χ4n) is 2.19. The van der Waals surface area contributed by atoms with E-state index >= 15 is 0 Å². The minimum absolute atomic E-state index is 0.406. The Labute approximate surface area is 112 Å². The normalized spacial score (nSPS) is 15.4. The van der Waals surface area contributed by atoms with Crippen molar-refractivity contribution in [3.05, 3.63) is 23.8 Å². The number of anilines is 1. The van der Waals surface area contributed by atoms with Crippen molar-refractivity contribution in [1.82, 2.24) is 4.31 Å². The second-order valence-electron chi connectivity index (χ2n) is 4.58.